The molecule has 6 heteroatoms. The lowest BCUT2D eigenvalue weighted by atomic mass is 10.1. The van der Waals surface area contributed by atoms with Gasteiger partial charge in [0, 0.05) is 32.2 Å². The second kappa shape index (κ2) is 8.15. The molecule has 0 bridgehead atoms. The first-order valence-electron chi connectivity index (χ1n) is 6.95. The molecule has 0 aliphatic rings. The van der Waals surface area contributed by atoms with Crippen LogP contribution < -0.4 is 5.73 Å². The van der Waals surface area contributed by atoms with Crippen molar-refractivity contribution in [3.63, 3.8) is 0 Å². The number of nitrogens with zero attached hydrogens (tertiary/aromatic N) is 2. The van der Waals surface area contributed by atoms with E-state index in [4.69, 9.17) is 5.73 Å². The van der Waals surface area contributed by atoms with Gasteiger partial charge in [-0.25, -0.2) is 0 Å². The second-order valence-corrected chi connectivity index (χ2v) is 6.59. The van der Waals surface area contributed by atoms with E-state index < -0.39 is 10.2 Å². The van der Waals surface area contributed by atoms with Gasteiger partial charge in [0.05, 0.1) is 6.54 Å². The quantitative estimate of drug-likeness (QED) is 0.798. The van der Waals surface area contributed by atoms with Gasteiger partial charge < -0.3 is 5.73 Å². The highest BCUT2D eigenvalue weighted by Gasteiger charge is 2.24. The summed E-state index contributed by atoms with van der Waals surface area (Å²) in [5.41, 5.74) is 7.12. The summed E-state index contributed by atoms with van der Waals surface area (Å²) in [6, 6.07) is 7.51. The van der Waals surface area contributed by atoms with Crippen molar-refractivity contribution < 1.29 is 8.42 Å². The Kier molecular flexibility index (Phi) is 6.85. The number of hydrogen-bond donors (Lipinski definition) is 1. The van der Waals surface area contributed by atoms with Crippen LogP contribution in [0, 0.1) is 11.8 Å². The molecule has 0 aromatic heterocycles. The summed E-state index contributed by atoms with van der Waals surface area (Å²) in [6.07, 6.45) is 0. The molecule has 0 aliphatic carbocycles. The van der Waals surface area contributed by atoms with E-state index in [0.717, 1.165) is 11.1 Å². The fraction of sp³-hybridized carbons (Fsp3) is 0.467. The zero-order chi connectivity index (χ0) is 15.9. The van der Waals surface area contributed by atoms with Crippen molar-refractivity contribution in [1.29, 1.82) is 0 Å². The highest BCUT2D eigenvalue weighted by Crippen LogP contribution is 2.12. The van der Waals surface area contributed by atoms with E-state index >= 15 is 0 Å². The summed E-state index contributed by atoms with van der Waals surface area (Å²) in [5.74, 6) is 5.72. The molecular weight excluding hydrogens is 286 g/mol. The van der Waals surface area contributed by atoms with Crippen LogP contribution in [0.1, 0.15) is 25.0 Å². The van der Waals surface area contributed by atoms with Gasteiger partial charge in [-0.3, -0.25) is 0 Å². The van der Waals surface area contributed by atoms with Gasteiger partial charge in [-0.15, -0.1) is 0 Å². The molecule has 0 saturated carbocycles. The van der Waals surface area contributed by atoms with E-state index in [0.29, 0.717) is 26.2 Å². The Morgan fingerprint density at radius 3 is 2.19 bits per heavy atom. The molecule has 1 aromatic rings. The van der Waals surface area contributed by atoms with Crippen molar-refractivity contribution in [3.8, 4) is 11.8 Å². The van der Waals surface area contributed by atoms with E-state index in [9.17, 15) is 8.42 Å². The SMILES string of the molecule is CCN(CC)S(=O)(=O)N(C)Cc1ccc(C#CCN)cc1. The van der Waals surface area contributed by atoms with E-state index in [2.05, 4.69) is 11.8 Å². The number of benzene rings is 1. The normalized spacial score (nSPS) is 11.5. The molecular formula is C15H23N3O2S. The lowest BCUT2D eigenvalue weighted by Gasteiger charge is -2.25. The molecule has 0 aliphatic heterocycles. The monoisotopic (exact) mass is 309 g/mol. The molecule has 0 atom stereocenters. The molecule has 2 N–H and O–H groups in total. The molecule has 5 nitrogen and oxygen atoms in total. The predicted molar refractivity (Wildman–Crippen MR) is 85.7 cm³/mol. The summed E-state index contributed by atoms with van der Waals surface area (Å²) < 4.78 is 27.4. The smallest absolute Gasteiger partial charge is 0.282 e. The first-order valence-corrected chi connectivity index (χ1v) is 8.34. The van der Waals surface area contributed by atoms with Crippen molar-refractivity contribution in [2.75, 3.05) is 26.7 Å². The van der Waals surface area contributed by atoms with Gasteiger partial charge in [0.2, 0.25) is 0 Å². The zero-order valence-corrected chi connectivity index (χ0v) is 13.7. The van der Waals surface area contributed by atoms with Crippen molar-refractivity contribution >= 4 is 10.2 Å². The number of rotatable bonds is 6. The van der Waals surface area contributed by atoms with Gasteiger partial charge in [-0.1, -0.05) is 37.8 Å². The zero-order valence-electron chi connectivity index (χ0n) is 12.8. The Hall–Kier alpha value is -1.39. The Labute approximate surface area is 127 Å². The predicted octanol–water partition coefficient (Wildman–Crippen LogP) is 1.02. The molecule has 116 valence electrons. The minimum atomic E-state index is -3.40. The van der Waals surface area contributed by atoms with Gasteiger partial charge >= 0.3 is 0 Å². The van der Waals surface area contributed by atoms with Crippen LogP contribution in [-0.2, 0) is 16.8 Å². The fourth-order valence-electron chi connectivity index (χ4n) is 1.93. The van der Waals surface area contributed by atoms with Crippen LogP contribution in [0.3, 0.4) is 0 Å². The van der Waals surface area contributed by atoms with Crippen molar-refractivity contribution in [2.45, 2.75) is 20.4 Å². The highest BCUT2D eigenvalue weighted by molar-refractivity contribution is 7.86. The lowest BCUT2D eigenvalue weighted by molar-refractivity contribution is 0.375. The summed E-state index contributed by atoms with van der Waals surface area (Å²) in [6.45, 7) is 5.27. The van der Waals surface area contributed by atoms with E-state index in [1.807, 2.05) is 38.1 Å². The van der Waals surface area contributed by atoms with Gasteiger partial charge in [-0.2, -0.15) is 17.0 Å². The first kappa shape index (κ1) is 17.7. The molecule has 0 unspecified atom stereocenters. The Morgan fingerprint density at radius 2 is 1.71 bits per heavy atom. The Balaban J connectivity index is 2.81. The third-order valence-corrected chi connectivity index (χ3v) is 5.21. The van der Waals surface area contributed by atoms with E-state index in [-0.39, 0.29) is 0 Å². The molecule has 0 radical (unpaired) electrons. The van der Waals surface area contributed by atoms with Crippen molar-refractivity contribution in [2.24, 2.45) is 5.73 Å². The summed E-state index contributed by atoms with van der Waals surface area (Å²) in [7, 11) is -1.81. The molecule has 0 fully saturated rings. The fourth-order valence-corrected chi connectivity index (χ4v) is 3.29. The van der Waals surface area contributed by atoms with Crippen LogP contribution in [0.5, 0.6) is 0 Å². The topological polar surface area (TPSA) is 66.6 Å². The lowest BCUT2D eigenvalue weighted by Crippen LogP contribution is -2.41. The van der Waals surface area contributed by atoms with Gasteiger partial charge in [-0.05, 0) is 17.7 Å². The van der Waals surface area contributed by atoms with Gasteiger partial charge in [0.1, 0.15) is 0 Å². The Morgan fingerprint density at radius 1 is 1.14 bits per heavy atom. The molecule has 21 heavy (non-hydrogen) atoms. The second-order valence-electron chi connectivity index (χ2n) is 4.55. The van der Waals surface area contributed by atoms with Crippen LogP contribution in [0.25, 0.3) is 0 Å². The van der Waals surface area contributed by atoms with Gasteiger partial charge in [0.15, 0.2) is 0 Å². The minimum Gasteiger partial charge on any atom is -0.320 e. The van der Waals surface area contributed by atoms with Crippen molar-refractivity contribution in [1.82, 2.24) is 8.61 Å². The molecule has 0 saturated heterocycles. The maximum absolute atomic E-state index is 12.3. The largest absolute Gasteiger partial charge is 0.320 e. The molecule has 0 heterocycles. The number of hydrogen-bond acceptors (Lipinski definition) is 3. The molecule has 1 aromatic carbocycles. The van der Waals surface area contributed by atoms with Crippen LogP contribution in [-0.4, -0.2) is 43.7 Å². The third-order valence-electron chi connectivity index (χ3n) is 3.12. The van der Waals surface area contributed by atoms with Crippen LogP contribution in [0.4, 0.5) is 0 Å². The van der Waals surface area contributed by atoms with Crippen LogP contribution in [0.15, 0.2) is 24.3 Å². The number of nitrogens with two attached hydrogens (primary N) is 1. The van der Waals surface area contributed by atoms with Crippen LogP contribution in [0.2, 0.25) is 0 Å². The highest BCUT2D eigenvalue weighted by atomic mass is 32.2. The maximum Gasteiger partial charge on any atom is 0.282 e. The molecule has 1 rings (SSSR count). The maximum atomic E-state index is 12.3. The van der Waals surface area contributed by atoms with E-state index in [1.165, 1.54) is 8.61 Å². The van der Waals surface area contributed by atoms with E-state index in [1.54, 1.807) is 7.05 Å². The third kappa shape index (κ3) is 4.83. The standard InChI is InChI=1S/C15H23N3O2S/c1-4-18(5-2)21(19,20)17(3)13-15-10-8-14(9-11-15)7-6-12-16/h8-11H,4-5,12-13,16H2,1-3H3. The average molecular weight is 309 g/mol. The molecule has 0 amide bonds. The first-order chi connectivity index (χ1) is 9.95. The summed E-state index contributed by atoms with van der Waals surface area (Å²) in [4.78, 5) is 0. The average Bonchev–Trinajstić information content (AvgIpc) is 2.47. The Bertz CT molecular complexity index is 596. The molecule has 0 spiro atoms. The van der Waals surface area contributed by atoms with Crippen LogP contribution >= 0.6 is 0 Å². The minimum absolute atomic E-state index is 0.326. The van der Waals surface area contributed by atoms with Crippen molar-refractivity contribution in [3.05, 3.63) is 35.4 Å². The summed E-state index contributed by atoms with van der Waals surface area (Å²) >= 11 is 0. The summed E-state index contributed by atoms with van der Waals surface area (Å²) in [5, 5.41) is 0. The van der Waals surface area contributed by atoms with Gasteiger partial charge in [0.25, 0.3) is 10.2 Å².